The van der Waals surface area contributed by atoms with E-state index in [1.165, 1.54) is 29.9 Å². The van der Waals surface area contributed by atoms with E-state index in [9.17, 15) is 13.2 Å². The summed E-state index contributed by atoms with van der Waals surface area (Å²) < 4.78 is 26.9. The molecule has 0 bridgehead atoms. The van der Waals surface area contributed by atoms with E-state index < -0.39 is 10.0 Å². The molecule has 0 spiro atoms. The third-order valence-corrected chi connectivity index (χ3v) is 6.82. The molecule has 5 nitrogen and oxygen atoms in total. The minimum absolute atomic E-state index is 0.0164. The first-order valence-electron chi connectivity index (χ1n) is 9.43. The fourth-order valence-corrected chi connectivity index (χ4v) is 4.53. The number of para-hydroxylation sites is 1. The number of carbonyl (C=O) groups excluding carboxylic acids is 1. The third-order valence-electron chi connectivity index (χ3n) is 5.02. The maximum Gasteiger partial charge on any atom is 0.264 e. The molecule has 0 unspecified atom stereocenters. The Morgan fingerprint density at radius 2 is 1.41 bits per heavy atom. The molecular formula is C21H26N2O3S. The van der Waals surface area contributed by atoms with Gasteiger partial charge in [0.05, 0.1) is 10.6 Å². The number of rotatable bonds is 4. The van der Waals surface area contributed by atoms with Crippen molar-refractivity contribution >= 4 is 21.6 Å². The molecule has 1 saturated heterocycles. The standard InChI is InChI=1S/C21H26N2O3S/c1-22(19-10-6-5-7-11-19)27(25,26)20-14-12-18(13-15-20)21(24)23-16-8-3-2-4-9-17-23/h5-7,10-15H,2-4,8-9,16-17H2,1H3. The fraction of sp³-hybridized carbons (Fsp3) is 0.381. The molecule has 0 aromatic heterocycles. The van der Waals surface area contributed by atoms with Crippen molar-refractivity contribution < 1.29 is 13.2 Å². The molecule has 0 N–H and O–H groups in total. The van der Waals surface area contributed by atoms with Crippen molar-refractivity contribution in [2.24, 2.45) is 0 Å². The topological polar surface area (TPSA) is 57.7 Å². The van der Waals surface area contributed by atoms with E-state index >= 15 is 0 Å². The van der Waals surface area contributed by atoms with Crippen LogP contribution >= 0.6 is 0 Å². The minimum atomic E-state index is -3.66. The molecule has 1 heterocycles. The average molecular weight is 387 g/mol. The Labute approximate surface area is 161 Å². The van der Waals surface area contributed by atoms with Crippen LogP contribution in [0.25, 0.3) is 0 Å². The highest BCUT2D eigenvalue weighted by atomic mass is 32.2. The van der Waals surface area contributed by atoms with E-state index in [4.69, 9.17) is 0 Å². The second-order valence-electron chi connectivity index (χ2n) is 6.89. The normalized spacial score (nSPS) is 15.7. The molecule has 6 heteroatoms. The predicted octanol–water partition coefficient (Wildman–Crippen LogP) is 3.92. The highest BCUT2D eigenvalue weighted by Gasteiger charge is 2.22. The van der Waals surface area contributed by atoms with Crippen LogP contribution in [0.2, 0.25) is 0 Å². The molecule has 27 heavy (non-hydrogen) atoms. The van der Waals surface area contributed by atoms with Crippen LogP contribution in [0, 0.1) is 0 Å². The number of benzene rings is 2. The number of carbonyl (C=O) groups is 1. The molecular weight excluding hydrogens is 360 g/mol. The lowest BCUT2D eigenvalue weighted by Gasteiger charge is -2.25. The Morgan fingerprint density at radius 3 is 2.00 bits per heavy atom. The largest absolute Gasteiger partial charge is 0.339 e. The third kappa shape index (κ3) is 4.50. The molecule has 0 saturated carbocycles. The van der Waals surface area contributed by atoms with E-state index in [-0.39, 0.29) is 10.8 Å². The van der Waals surface area contributed by atoms with E-state index in [0.717, 1.165) is 38.8 Å². The first-order chi connectivity index (χ1) is 13.0. The van der Waals surface area contributed by atoms with Crippen molar-refractivity contribution in [2.75, 3.05) is 24.4 Å². The van der Waals surface area contributed by atoms with Gasteiger partial charge in [0.1, 0.15) is 0 Å². The molecule has 2 aromatic carbocycles. The van der Waals surface area contributed by atoms with Crippen molar-refractivity contribution in [1.82, 2.24) is 4.90 Å². The van der Waals surface area contributed by atoms with Crippen LogP contribution in [-0.4, -0.2) is 39.4 Å². The summed E-state index contributed by atoms with van der Waals surface area (Å²) in [5.74, 6) is -0.0164. The Bertz CT molecular complexity index is 856. The Hall–Kier alpha value is -2.34. The average Bonchev–Trinajstić information content (AvgIpc) is 2.67. The van der Waals surface area contributed by atoms with Crippen LogP contribution in [-0.2, 0) is 10.0 Å². The second kappa shape index (κ2) is 8.57. The summed E-state index contributed by atoms with van der Waals surface area (Å²) in [6, 6.07) is 15.2. The van der Waals surface area contributed by atoms with Gasteiger partial charge in [-0.15, -0.1) is 0 Å². The number of likely N-dealkylation sites (tertiary alicyclic amines) is 1. The highest BCUT2D eigenvalue weighted by molar-refractivity contribution is 7.92. The molecule has 2 aromatic rings. The molecule has 0 radical (unpaired) electrons. The predicted molar refractivity (Wildman–Crippen MR) is 107 cm³/mol. The lowest BCUT2D eigenvalue weighted by atomic mass is 10.1. The lowest BCUT2D eigenvalue weighted by molar-refractivity contribution is 0.0742. The quantitative estimate of drug-likeness (QED) is 0.800. The zero-order valence-corrected chi connectivity index (χ0v) is 16.5. The molecule has 0 aliphatic carbocycles. The van der Waals surface area contributed by atoms with Crippen molar-refractivity contribution in [3.63, 3.8) is 0 Å². The maximum atomic E-state index is 12.8. The van der Waals surface area contributed by atoms with Crippen molar-refractivity contribution in [2.45, 2.75) is 37.0 Å². The van der Waals surface area contributed by atoms with E-state index in [2.05, 4.69) is 0 Å². The number of hydrogen-bond donors (Lipinski definition) is 0. The van der Waals surface area contributed by atoms with Gasteiger partial charge in [-0.2, -0.15) is 0 Å². The summed E-state index contributed by atoms with van der Waals surface area (Å²) in [6.07, 6.45) is 5.61. The van der Waals surface area contributed by atoms with Gasteiger partial charge >= 0.3 is 0 Å². The van der Waals surface area contributed by atoms with E-state index in [1.54, 1.807) is 36.4 Å². The van der Waals surface area contributed by atoms with Gasteiger partial charge in [0.2, 0.25) is 0 Å². The number of anilines is 1. The molecule has 1 aliphatic rings. The summed E-state index contributed by atoms with van der Waals surface area (Å²) in [5, 5.41) is 0. The fourth-order valence-electron chi connectivity index (χ4n) is 3.34. The second-order valence-corrected chi connectivity index (χ2v) is 8.86. The van der Waals surface area contributed by atoms with Crippen LogP contribution in [0.1, 0.15) is 42.5 Å². The van der Waals surface area contributed by atoms with Gasteiger partial charge in [-0.05, 0) is 49.2 Å². The molecule has 3 rings (SSSR count). The van der Waals surface area contributed by atoms with E-state index in [1.807, 2.05) is 11.0 Å². The summed E-state index contributed by atoms with van der Waals surface area (Å²) >= 11 is 0. The molecule has 1 fully saturated rings. The molecule has 0 atom stereocenters. The maximum absolute atomic E-state index is 12.8. The van der Waals surface area contributed by atoms with Gasteiger partial charge in [-0.3, -0.25) is 9.10 Å². The Kier molecular flexibility index (Phi) is 6.16. The lowest BCUT2D eigenvalue weighted by Crippen LogP contribution is -2.33. The van der Waals surface area contributed by atoms with Crippen LogP contribution in [0.4, 0.5) is 5.69 Å². The molecule has 144 valence electrons. The zero-order chi connectivity index (χ0) is 19.3. The van der Waals surface area contributed by atoms with Crippen LogP contribution < -0.4 is 4.31 Å². The number of hydrogen-bond acceptors (Lipinski definition) is 3. The van der Waals surface area contributed by atoms with Gasteiger partial charge in [0.15, 0.2) is 0 Å². The number of sulfonamides is 1. The first-order valence-corrected chi connectivity index (χ1v) is 10.9. The SMILES string of the molecule is CN(c1ccccc1)S(=O)(=O)c1ccc(C(=O)N2CCCCCCC2)cc1. The molecule has 1 amide bonds. The monoisotopic (exact) mass is 386 g/mol. The van der Waals surface area contributed by atoms with Crippen LogP contribution in [0.5, 0.6) is 0 Å². The first kappa shape index (κ1) is 19.4. The van der Waals surface area contributed by atoms with Crippen molar-refractivity contribution in [3.05, 3.63) is 60.2 Å². The smallest absolute Gasteiger partial charge is 0.264 e. The molecule has 1 aliphatic heterocycles. The van der Waals surface area contributed by atoms with Crippen molar-refractivity contribution in [1.29, 1.82) is 0 Å². The van der Waals surface area contributed by atoms with Gasteiger partial charge in [-0.25, -0.2) is 8.42 Å². The summed E-state index contributed by atoms with van der Waals surface area (Å²) in [4.78, 5) is 14.8. The van der Waals surface area contributed by atoms with E-state index in [0.29, 0.717) is 11.3 Å². The summed E-state index contributed by atoms with van der Waals surface area (Å²) in [6.45, 7) is 1.55. The minimum Gasteiger partial charge on any atom is -0.339 e. The van der Waals surface area contributed by atoms with Gasteiger partial charge < -0.3 is 4.90 Å². The Balaban J connectivity index is 1.77. The van der Waals surface area contributed by atoms with Crippen molar-refractivity contribution in [3.8, 4) is 0 Å². The number of amides is 1. The number of nitrogens with zero attached hydrogens (tertiary/aromatic N) is 2. The van der Waals surface area contributed by atoms with Crippen LogP contribution in [0.15, 0.2) is 59.5 Å². The van der Waals surface area contributed by atoms with Gasteiger partial charge in [-0.1, -0.05) is 37.5 Å². The summed E-state index contributed by atoms with van der Waals surface area (Å²) in [7, 11) is -2.13. The zero-order valence-electron chi connectivity index (χ0n) is 15.7. The van der Waals surface area contributed by atoms with Crippen LogP contribution in [0.3, 0.4) is 0 Å². The van der Waals surface area contributed by atoms with Gasteiger partial charge in [0.25, 0.3) is 15.9 Å². The summed E-state index contributed by atoms with van der Waals surface area (Å²) in [5.41, 5.74) is 1.13. The highest BCUT2D eigenvalue weighted by Crippen LogP contribution is 2.22. The van der Waals surface area contributed by atoms with Gasteiger partial charge in [0, 0.05) is 25.7 Å². The Morgan fingerprint density at radius 1 is 0.852 bits per heavy atom.